The summed E-state index contributed by atoms with van der Waals surface area (Å²) in [5.74, 6) is 1.58. The highest BCUT2D eigenvalue weighted by atomic mass is 32.2. The molecule has 0 unspecified atom stereocenters. The molecular formula is C18H21NO4S. The van der Waals surface area contributed by atoms with Crippen LogP contribution in [-0.2, 0) is 15.3 Å². The van der Waals surface area contributed by atoms with E-state index >= 15 is 0 Å². The fourth-order valence-corrected chi connectivity index (χ4v) is 2.99. The van der Waals surface area contributed by atoms with E-state index in [1.165, 1.54) is 18.9 Å². The lowest BCUT2D eigenvalue weighted by Crippen LogP contribution is -2.28. The first-order chi connectivity index (χ1) is 11.5. The SMILES string of the molecule is COC(=O)c1cc(CSCC(=O)N[C@@H](C)c2ccccc2)oc1C. The van der Waals surface area contributed by atoms with Crippen LogP contribution < -0.4 is 5.32 Å². The molecule has 0 aliphatic rings. The van der Waals surface area contributed by atoms with Crippen LogP contribution in [0.5, 0.6) is 0 Å². The summed E-state index contributed by atoms with van der Waals surface area (Å²) in [5.41, 5.74) is 1.50. The van der Waals surface area contributed by atoms with Crippen molar-refractivity contribution in [3.8, 4) is 0 Å². The van der Waals surface area contributed by atoms with Gasteiger partial charge < -0.3 is 14.5 Å². The maximum atomic E-state index is 12.0. The van der Waals surface area contributed by atoms with Crippen LogP contribution in [0, 0.1) is 6.92 Å². The smallest absolute Gasteiger partial charge is 0.341 e. The Balaban J connectivity index is 1.79. The highest BCUT2D eigenvalue weighted by Crippen LogP contribution is 2.20. The molecule has 1 atom stereocenters. The van der Waals surface area contributed by atoms with Crippen LogP contribution in [0.4, 0.5) is 0 Å². The fourth-order valence-electron chi connectivity index (χ4n) is 2.28. The van der Waals surface area contributed by atoms with Crippen LogP contribution in [0.2, 0.25) is 0 Å². The molecule has 1 heterocycles. The molecule has 1 aromatic heterocycles. The maximum Gasteiger partial charge on any atom is 0.341 e. The molecule has 5 nitrogen and oxygen atoms in total. The van der Waals surface area contributed by atoms with Gasteiger partial charge in [-0.25, -0.2) is 4.79 Å². The number of esters is 1. The number of aryl methyl sites for hydroxylation is 1. The van der Waals surface area contributed by atoms with Gasteiger partial charge in [0.2, 0.25) is 5.91 Å². The summed E-state index contributed by atoms with van der Waals surface area (Å²) in [6.07, 6.45) is 0. The predicted molar refractivity (Wildman–Crippen MR) is 93.9 cm³/mol. The predicted octanol–water partition coefficient (Wildman–Crippen LogP) is 3.49. The minimum absolute atomic E-state index is 0.0314. The van der Waals surface area contributed by atoms with Crippen molar-refractivity contribution in [2.24, 2.45) is 0 Å². The van der Waals surface area contributed by atoms with Gasteiger partial charge in [0.15, 0.2) is 0 Å². The van der Waals surface area contributed by atoms with Gasteiger partial charge >= 0.3 is 5.97 Å². The van der Waals surface area contributed by atoms with E-state index in [1.54, 1.807) is 13.0 Å². The quantitative estimate of drug-likeness (QED) is 0.777. The summed E-state index contributed by atoms with van der Waals surface area (Å²) in [6.45, 7) is 3.67. The van der Waals surface area contributed by atoms with E-state index in [-0.39, 0.29) is 11.9 Å². The van der Waals surface area contributed by atoms with Gasteiger partial charge in [-0.2, -0.15) is 0 Å². The second-order valence-electron chi connectivity index (χ2n) is 5.37. The normalized spacial score (nSPS) is 11.8. The fraction of sp³-hybridized carbons (Fsp3) is 0.333. The molecule has 0 fully saturated rings. The Labute approximate surface area is 145 Å². The molecule has 0 saturated heterocycles. The number of benzene rings is 1. The summed E-state index contributed by atoms with van der Waals surface area (Å²) in [5, 5.41) is 2.96. The molecule has 1 N–H and O–H groups in total. The minimum atomic E-state index is -0.415. The topological polar surface area (TPSA) is 68.5 Å². The Kier molecular flexibility index (Phi) is 6.49. The average Bonchev–Trinajstić information content (AvgIpc) is 2.95. The van der Waals surface area contributed by atoms with E-state index in [9.17, 15) is 9.59 Å². The third-order valence-corrected chi connectivity index (χ3v) is 4.48. The summed E-state index contributed by atoms with van der Waals surface area (Å²) < 4.78 is 10.2. The molecule has 24 heavy (non-hydrogen) atoms. The monoisotopic (exact) mass is 347 g/mol. The summed E-state index contributed by atoms with van der Waals surface area (Å²) in [6, 6.07) is 11.4. The van der Waals surface area contributed by atoms with Crippen LogP contribution in [0.1, 0.15) is 40.4 Å². The van der Waals surface area contributed by atoms with Gasteiger partial charge in [0, 0.05) is 0 Å². The first kappa shape index (κ1) is 18.1. The number of nitrogens with one attached hydrogen (secondary N) is 1. The van der Waals surface area contributed by atoms with Gasteiger partial charge in [0.25, 0.3) is 0 Å². The molecule has 2 rings (SSSR count). The second kappa shape index (κ2) is 8.59. The Morgan fingerprint density at radius 2 is 2.00 bits per heavy atom. The Hall–Kier alpha value is -2.21. The number of carbonyl (C=O) groups excluding carboxylic acids is 2. The van der Waals surface area contributed by atoms with Crippen molar-refractivity contribution in [2.45, 2.75) is 25.6 Å². The molecule has 0 bridgehead atoms. The van der Waals surface area contributed by atoms with Crippen LogP contribution in [0.15, 0.2) is 40.8 Å². The average molecular weight is 347 g/mol. The van der Waals surface area contributed by atoms with Crippen molar-refractivity contribution < 1.29 is 18.7 Å². The van der Waals surface area contributed by atoms with E-state index < -0.39 is 5.97 Å². The van der Waals surface area contributed by atoms with Crippen LogP contribution in [0.25, 0.3) is 0 Å². The van der Waals surface area contributed by atoms with E-state index in [0.29, 0.717) is 28.6 Å². The first-order valence-electron chi connectivity index (χ1n) is 7.61. The van der Waals surface area contributed by atoms with Gasteiger partial charge in [-0.1, -0.05) is 30.3 Å². The largest absolute Gasteiger partial charge is 0.465 e. The molecule has 0 saturated carbocycles. The third kappa shape index (κ3) is 4.89. The molecule has 128 valence electrons. The Bertz CT molecular complexity index is 696. The number of thioether (sulfide) groups is 1. The zero-order chi connectivity index (χ0) is 17.5. The van der Waals surface area contributed by atoms with Gasteiger partial charge in [0.05, 0.1) is 24.7 Å². The van der Waals surface area contributed by atoms with Crippen molar-refractivity contribution in [1.29, 1.82) is 0 Å². The number of amides is 1. The molecule has 0 radical (unpaired) electrons. The lowest BCUT2D eigenvalue weighted by molar-refractivity contribution is -0.119. The second-order valence-corrected chi connectivity index (χ2v) is 6.35. The van der Waals surface area contributed by atoms with Gasteiger partial charge in [-0.3, -0.25) is 4.79 Å². The third-order valence-electron chi connectivity index (χ3n) is 3.53. The lowest BCUT2D eigenvalue weighted by Gasteiger charge is -2.13. The molecular weight excluding hydrogens is 326 g/mol. The van der Waals surface area contributed by atoms with E-state index in [1.807, 2.05) is 37.3 Å². The number of methoxy groups -OCH3 is 1. The van der Waals surface area contributed by atoms with E-state index in [2.05, 4.69) is 10.1 Å². The maximum absolute atomic E-state index is 12.0. The highest BCUT2D eigenvalue weighted by molar-refractivity contribution is 7.99. The Morgan fingerprint density at radius 3 is 2.67 bits per heavy atom. The number of hydrogen-bond acceptors (Lipinski definition) is 5. The lowest BCUT2D eigenvalue weighted by atomic mass is 10.1. The Morgan fingerprint density at radius 1 is 1.29 bits per heavy atom. The zero-order valence-corrected chi connectivity index (χ0v) is 14.8. The van der Waals surface area contributed by atoms with E-state index in [4.69, 9.17) is 4.42 Å². The summed E-state index contributed by atoms with van der Waals surface area (Å²) in [4.78, 5) is 23.5. The molecule has 0 spiro atoms. The van der Waals surface area contributed by atoms with Crippen LogP contribution in [0.3, 0.4) is 0 Å². The van der Waals surface area contributed by atoms with Gasteiger partial charge in [0.1, 0.15) is 17.1 Å². The van der Waals surface area contributed by atoms with Crippen molar-refractivity contribution >= 4 is 23.6 Å². The first-order valence-corrected chi connectivity index (χ1v) is 8.76. The van der Waals surface area contributed by atoms with Crippen LogP contribution >= 0.6 is 11.8 Å². The number of furan rings is 1. The summed E-state index contributed by atoms with van der Waals surface area (Å²) in [7, 11) is 1.33. The summed E-state index contributed by atoms with van der Waals surface area (Å²) >= 11 is 1.44. The molecule has 0 aliphatic carbocycles. The van der Waals surface area contributed by atoms with Crippen molar-refractivity contribution in [2.75, 3.05) is 12.9 Å². The minimum Gasteiger partial charge on any atom is -0.465 e. The van der Waals surface area contributed by atoms with Crippen molar-refractivity contribution in [3.63, 3.8) is 0 Å². The number of ether oxygens (including phenoxy) is 1. The number of rotatable bonds is 7. The van der Waals surface area contributed by atoms with Crippen LogP contribution in [-0.4, -0.2) is 24.7 Å². The molecule has 2 aromatic rings. The number of carbonyl (C=O) groups is 2. The highest BCUT2D eigenvalue weighted by Gasteiger charge is 2.16. The molecule has 1 aromatic carbocycles. The van der Waals surface area contributed by atoms with E-state index in [0.717, 1.165) is 5.56 Å². The standard InChI is InChI=1S/C18H21NO4S/c1-12(14-7-5-4-6-8-14)19-17(20)11-24-10-15-9-16(13(2)23-15)18(21)22-3/h4-9,12H,10-11H2,1-3H3,(H,19,20)/t12-/m0/s1. The number of hydrogen-bond donors (Lipinski definition) is 1. The van der Waals surface area contributed by atoms with Crippen molar-refractivity contribution in [3.05, 3.63) is 59.0 Å². The van der Waals surface area contributed by atoms with Gasteiger partial charge in [-0.15, -0.1) is 11.8 Å². The molecule has 0 aliphatic heterocycles. The van der Waals surface area contributed by atoms with Gasteiger partial charge in [-0.05, 0) is 25.5 Å². The molecule has 1 amide bonds. The molecule has 6 heteroatoms. The zero-order valence-electron chi connectivity index (χ0n) is 14.0. The van der Waals surface area contributed by atoms with Crippen molar-refractivity contribution in [1.82, 2.24) is 5.32 Å².